The third kappa shape index (κ3) is 16.5. The maximum Gasteiger partial charge on any atom is 0.240 e. The number of hydrogen-bond donors (Lipinski definition) is 2. The average Bonchev–Trinajstić information content (AvgIpc) is 2.77. The number of nitrogens with zero attached hydrogens (tertiary/aromatic N) is 1. The van der Waals surface area contributed by atoms with E-state index in [9.17, 15) is 9.59 Å². The van der Waals surface area contributed by atoms with Crippen LogP contribution in [-0.2, 0) is 9.59 Å². The van der Waals surface area contributed by atoms with E-state index in [4.69, 9.17) is 0 Å². The van der Waals surface area contributed by atoms with Crippen LogP contribution in [0.3, 0.4) is 0 Å². The van der Waals surface area contributed by atoms with E-state index < -0.39 is 0 Å². The molecule has 2 N–H and O–H groups in total. The van der Waals surface area contributed by atoms with Crippen LogP contribution >= 0.6 is 0 Å². The zero-order valence-corrected chi connectivity index (χ0v) is 20.5. The number of hydrogen-bond acceptors (Lipinski definition) is 3. The molecule has 0 saturated carbocycles. The average molecular weight is 444 g/mol. The Morgan fingerprint density at radius 1 is 0.750 bits per heavy atom. The lowest BCUT2D eigenvalue weighted by Gasteiger charge is -2.03. The lowest BCUT2D eigenvalue weighted by Crippen LogP contribution is -2.16. The van der Waals surface area contributed by atoms with Crippen molar-refractivity contribution in [3.05, 3.63) is 29.8 Å². The summed E-state index contributed by atoms with van der Waals surface area (Å²) in [5.74, 6) is -0.136. The minimum Gasteiger partial charge on any atom is -0.326 e. The van der Waals surface area contributed by atoms with E-state index in [1.807, 2.05) is 12.1 Å². The van der Waals surface area contributed by atoms with Gasteiger partial charge in [0.25, 0.3) is 0 Å². The Labute approximate surface area is 195 Å². The number of hydrazone groups is 1. The number of carbonyl (C=O) groups is 2. The molecule has 0 saturated heterocycles. The molecule has 1 aromatic rings. The number of carbonyl (C=O) groups excluding carboxylic acids is 2. The molecule has 180 valence electrons. The smallest absolute Gasteiger partial charge is 0.240 e. The molecule has 2 amide bonds. The van der Waals surface area contributed by atoms with Gasteiger partial charge in [0.2, 0.25) is 11.8 Å². The second-order valence-electron chi connectivity index (χ2n) is 8.80. The summed E-state index contributed by atoms with van der Waals surface area (Å²) in [5.41, 5.74) is 4.20. The van der Waals surface area contributed by atoms with E-state index in [0.29, 0.717) is 6.42 Å². The Balaban J connectivity index is 1.91. The molecule has 0 unspecified atom stereocenters. The van der Waals surface area contributed by atoms with Gasteiger partial charge in [-0.3, -0.25) is 9.59 Å². The molecule has 0 fully saturated rings. The van der Waals surface area contributed by atoms with Gasteiger partial charge in [0.05, 0.1) is 6.21 Å². The minimum absolute atomic E-state index is 0.0363. The standard InChI is InChI=1S/C27H45N3O2/c1-3-4-5-6-7-8-9-10-11-12-13-14-15-16-17-18-27(32)30-28-23-25-19-21-26(22-20-25)29-24(2)31/h19-23H,3-18H2,1-2H3,(H,29,31)(H,30,32)/b28-23-. The first-order valence-corrected chi connectivity index (χ1v) is 12.8. The number of amides is 2. The van der Waals surface area contributed by atoms with E-state index in [2.05, 4.69) is 22.8 Å². The van der Waals surface area contributed by atoms with Crippen molar-refractivity contribution in [3.8, 4) is 0 Å². The zero-order chi connectivity index (χ0) is 23.3. The maximum atomic E-state index is 11.9. The number of rotatable bonds is 19. The van der Waals surface area contributed by atoms with Gasteiger partial charge in [0.1, 0.15) is 0 Å². The molecule has 1 aromatic carbocycles. The third-order valence-electron chi connectivity index (χ3n) is 5.64. The summed E-state index contributed by atoms with van der Waals surface area (Å²) < 4.78 is 0. The normalized spacial score (nSPS) is 11.1. The molecule has 0 aliphatic carbocycles. The molecular formula is C27H45N3O2. The van der Waals surface area contributed by atoms with Gasteiger partial charge in [-0.15, -0.1) is 0 Å². The Kier molecular flexibility index (Phi) is 17.0. The predicted octanol–water partition coefficient (Wildman–Crippen LogP) is 7.36. The second kappa shape index (κ2) is 19.5. The van der Waals surface area contributed by atoms with Crippen molar-refractivity contribution in [3.63, 3.8) is 0 Å². The van der Waals surface area contributed by atoms with Crippen LogP contribution in [0, 0.1) is 0 Å². The first-order chi connectivity index (χ1) is 15.6. The highest BCUT2D eigenvalue weighted by molar-refractivity contribution is 5.89. The summed E-state index contributed by atoms with van der Waals surface area (Å²) in [7, 11) is 0. The molecule has 5 nitrogen and oxygen atoms in total. The quantitative estimate of drug-likeness (QED) is 0.133. The summed E-state index contributed by atoms with van der Waals surface area (Å²) in [6.45, 7) is 3.75. The van der Waals surface area contributed by atoms with E-state index >= 15 is 0 Å². The summed E-state index contributed by atoms with van der Waals surface area (Å²) >= 11 is 0. The first-order valence-electron chi connectivity index (χ1n) is 12.8. The van der Waals surface area contributed by atoms with Crippen molar-refractivity contribution in [2.75, 3.05) is 5.32 Å². The van der Waals surface area contributed by atoms with Crippen LogP contribution in [0.15, 0.2) is 29.4 Å². The third-order valence-corrected chi connectivity index (χ3v) is 5.64. The van der Waals surface area contributed by atoms with Crippen LogP contribution in [0.2, 0.25) is 0 Å². The first kappa shape index (κ1) is 27.9. The largest absolute Gasteiger partial charge is 0.326 e. The lowest BCUT2D eigenvalue weighted by molar-refractivity contribution is -0.121. The number of nitrogens with one attached hydrogen (secondary N) is 2. The fourth-order valence-electron chi connectivity index (χ4n) is 3.75. The van der Waals surface area contributed by atoms with Gasteiger partial charge in [-0.05, 0) is 24.1 Å². The van der Waals surface area contributed by atoms with E-state index in [-0.39, 0.29) is 11.8 Å². The highest BCUT2D eigenvalue weighted by Gasteiger charge is 2.00. The second-order valence-corrected chi connectivity index (χ2v) is 8.80. The van der Waals surface area contributed by atoms with Gasteiger partial charge in [-0.2, -0.15) is 5.10 Å². The summed E-state index contributed by atoms with van der Waals surface area (Å²) in [6, 6.07) is 7.30. The van der Waals surface area contributed by atoms with Crippen molar-refractivity contribution < 1.29 is 9.59 Å². The van der Waals surface area contributed by atoms with E-state index in [1.54, 1.807) is 18.3 Å². The Hall–Kier alpha value is -2.17. The maximum absolute atomic E-state index is 11.9. The molecular weight excluding hydrogens is 398 g/mol. The fourth-order valence-corrected chi connectivity index (χ4v) is 3.75. The fraction of sp³-hybridized carbons (Fsp3) is 0.667. The van der Waals surface area contributed by atoms with Gasteiger partial charge in [-0.1, -0.05) is 109 Å². The van der Waals surface area contributed by atoms with Crippen LogP contribution in [0.1, 0.15) is 122 Å². The number of benzene rings is 1. The highest BCUT2D eigenvalue weighted by atomic mass is 16.2. The molecule has 0 atom stereocenters. The van der Waals surface area contributed by atoms with E-state index in [0.717, 1.165) is 24.1 Å². The van der Waals surface area contributed by atoms with Crippen molar-refractivity contribution in [2.24, 2.45) is 5.10 Å². The molecule has 0 spiro atoms. The molecule has 5 heteroatoms. The number of anilines is 1. The SMILES string of the molecule is CCCCCCCCCCCCCCCCCC(=O)N/N=C\c1ccc(NC(C)=O)cc1. The van der Waals surface area contributed by atoms with Crippen LogP contribution in [0.25, 0.3) is 0 Å². The molecule has 0 heterocycles. The van der Waals surface area contributed by atoms with Crippen LogP contribution in [0.5, 0.6) is 0 Å². The molecule has 0 aromatic heterocycles. The predicted molar refractivity (Wildman–Crippen MR) is 136 cm³/mol. The molecule has 0 aliphatic rings. The van der Waals surface area contributed by atoms with Crippen molar-refractivity contribution in [1.29, 1.82) is 0 Å². The van der Waals surface area contributed by atoms with E-state index in [1.165, 1.54) is 90.4 Å². The van der Waals surface area contributed by atoms with Gasteiger partial charge in [-0.25, -0.2) is 5.43 Å². The monoisotopic (exact) mass is 443 g/mol. The summed E-state index contributed by atoms with van der Waals surface area (Å²) in [4.78, 5) is 22.9. The highest BCUT2D eigenvalue weighted by Crippen LogP contribution is 2.13. The van der Waals surface area contributed by atoms with Crippen LogP contribution in [-0.4, -0.2) is 18.0 Å². The van der Waals surface area contributed by atoms with Crippen LogP contribution < -0.4 is 10.7 Å². The Morgan fingerprint density at radius 2 is 1.22 bits per heavy atom. The van der Waals surface area contributed by atoms with Gasteiger partial charge in [0, 0.05) is 19.0 Å². The Morgan fingerprint density at radius 3 is 1.69 bits per heavy atom. The van der Waals surface area contributed by atoms with Gasteiger partial charge in [0.15, 0.2) is 0 Å². The lowest BCUT2D eigenvalue weighted by atomic mass is 10.0. The van der Waals surface area contributed by atoms with Gasteiger partial charge >= 0.3 is 0 Å². The topological polar surface area (TPSA) is 70.6 Å². The molecule has 0 bridgehead atoms. The zero-order valence-electron chi connectivity index (χ0n) is 20.5. The summed E-state index contributed by atoms with van der Waals surface area (Å²) in [5, 5.41) is 6.72. The molecule has 0 radical (unpaired) electrons. The van der Waals surface area contributed by atoms with Crippen molar-refractivity contribution >= 4 is 23.7 Å². The van der Waals surface area contributed by atoms with Gasteiger partial charge < -0.3 is 5.32 Å². The Bertz CT molecular complexity index is 641. The van der Waals surface area contributed by atoms with Crippen molar-refractivity contribution in [1.82, 2.24) is 5.43 Å². The molecule has 0 aliphatic heterocycles. The molecule has 1 rings (SSSR count). The van der Waals surface area contributed by atoms with Crippen molar-refractivity contribution in [2.45, 2.75) is 117 Å². The minimum atomic E-state index is -0.0996. The summed E-state index contributed by atoms with van der Waals surface area (Å²) in [6.07, 6.45) is 22.0. The number of unbranched alkanes of at least 4 members (excludes halogenated alkanes) is 14. The van der Waals surface area contributed by atoms with Crippen LogP contribution in [0.4, 0.5) is 5.69 Å². The molecule has 32 heavy (non-hydrogen) atoms.